The molecule has 0 spiro atoms. The van der Waals surface area contributed by atoms with Gasteiger partial charge in [-0.15, -0.1) is 0 Å². The van der Waals surface area contributed by atoms with Crippen molar-refractivity contribution in [1.29, 1.82) is 0 Å². The predicted octanol–water partition coefficient (Wildman–Crippen LogP) is 8.46. The Morgan fingerprint density at radius 2 is 1.17 bits per heavy atom. The van der Waals surface area contributed by atoms with Crippen molar-refractivity contribution < 1.29 is 14.3 Å². The van der Waals surface area contributed by atoms with Gasteiger partial charge in [-0.05, 0) is 56.7 Å². The molecule has 0 aromatic heterocycles. The predicted molar refractivity (Wildman–Crippen MR) is 123 cm³/mol. The van der Waals surface area contributed by atoms with E-state index in [0.717, 1.165) is 0 Å². The first-order chi connectivity index (χ1) is 13.3. The van der Waals surface area contributed by atoms with E-state index < -0.39 is 11.6 Å². The minimum Gasteiger partial charge on any atom is -0.457 e. The summed E-state index contributed by atoms with van der Waals surface area (Å²) in [6, 6.07) is 5.99. The molecule has 156 valence electrons. The van der Waals surface area contributed by atoms with Gasteiger partial charge in [-0.2, -0.15) is 0 Å². The van der Waals surface area contributed by atoms with Gasteiger partial charge in [0.05, 0.1) is 25.1 Å². The van der Waals surface area contributed by atoms with Gasteiger partial charge in [0.2, 0.25) is 0 Å². The SMILES string of the molecule is CC(C)(C)OC(=O)/C=C/c1cc(Cl)c(Cl)cc1Cl.O=Cc1cc(Cl)c(Cl)cc1Cl. The van der Waals surface area contributed by atoms with E-state index in [1.165, 1.54) is 24.3 Å². The molecule has 2 aromatic rings. The first kappa shape index (κ1) is 26.1. The van der Waals surface area contributed by atoms with E-state index >= 15 is 0 Å². The molecule has 29 heavy (non-hydrogen) atoms. The van der Waals surface area contributed by atoms with Crippen LogP contribution in [-0.2, 0) is 9.53 Å². The Bertz CT molecular complexity index is 933. The molecule has 0 N–H and O–H groups in total. The van der Waals surface area contributed by atoms with Crippen LogP contribution in [-0.4, -0.2) is 17.9 Å². The zero-order chi connectivity index (χ0) is 22.4. The summed E-state index contributed by atoms with van der Waals surface area (Å²) in [4.78, 5) is 21.8. The highest BCUT2D eigenvalue weighted by Crippen LogP contribution is 2.30. The second-order valence-electron chi connectivity index (χ2n) is 6.56. The van der Waals surface area contributed by atoms with E-state index in [-0.39, 0.29) is 0 Å². The number of ether oxygens (including phenoxy) is 1. The van der Waals surface area contributed by atoms with Crippen molar-refractivity contribution in [3.63, 3.8) is 0 Å². The molecular weight excluding hydrogens is 501 g/mol. The summed E-state index contributed by atoms with van der Waals surface area (Å²) in [7, 11) is 0. The van der Waals surface area contributed by atoms with Crippen LogP contribution in [0.1, 0.15) is 36.7 Å². The summed E-state index contributed by atoms with van der Waals surface area (Å²) in [5, 5.41) is 2.17. The van der Waals surface area contributed by atoms with Crippen LogP contribution < -0.4 is 0 Å². The summed E-state index contributed by atoms with van der Waals surface area (Å²) in [6.07, 6.45) is 3.47. The van der Waals surface area contributed by atoms with Crippen molar-refractivity contribution in [1.82, 2.24) is 0 Å². The van der Waals surface area contributed by atoms with E-state index in [1.807, 2.05) is 0 Å². The number of carbonyl (C=O) groups is 2. The first-order valence-electron chi connectivity index (χ1n) is 7.99. The lowest BCUT2D eigenvalue weighted by molar-refractivity contribution is -0.148. The number of aldehydes is 1. The van der Waals surface area contributed by atoms with Crippen LogP contribution in [0.3, 0.4) is 0 Å². The number of halogens is 6. The van der Waals surface area contributed by atoms with E-state index in [0.29, 0.717) is 47.5 Å². The van der Waals surface area contributed by atoms with Gasteiger partial charge in [-0.1, -0.05) is 69.6 Å². The second-order valence-corrected chi connectivity index (χ2v) is 9.00. The summed E-state index contributed by atoms with van der Waals surface area (Å²) < 4.78 is 5.13. The zero-order valence-electron chi connectivity index (χ0n) is 15.5. The molecule has 2 aromatic carbocycles. The number of hydrogen-bond acceptors (Lipinski definition) is 3. The van der Waals surface area contributed by atoms with E-state index in [1.54, 1.807) is 32.9 Å². The fourth-order valence-corrected chi connectivity index (χ4v) is 3.01. The quantitative estimate of drug-likeness (QED) is 0.178. The largest absolute Gasteiger partial charge is 0.457 e. The van der Waals surface area contributed by atoms with Crippen LogP contribution in [0, 0.1) is 0 Å². The lowest BCUT2D eigenvalue weighted by Gasteiger charge is -2.17. The van der Waals surface area contributed by atoms with Gasteiger partial charge in [0.15, 0.2) is 6.29 Å². The van der Waals surface area contributed by atoms with Gasteiger partial charge in [-0.25, -0.2) is 4.79 Å². The Balaban J connectivity index is 0.000000326. The van der Waals surface area contributed by atoms with Gasteiger partial charge in [0.1, 0.15) is 5.60 Å². The highest BCUT2D eigenvalue weighted by Gasteiger charge is 2.14. The Labute approximate surface area is 199 Å². The number of hydrogen-bond donors (Lipinski definition) is 0. The van der Waals surface area contributed by atoms with E-state index in [4.69, 9.17) is 74.3 Å². The zero-order valence-corrected chi connectivity index (χ0v) is 20.1. The lowest BCUT2D eigenvalue weighted by Crippen LogP contribution is -2.22. The third kappa shape index (κ3) is 9.17. The monoisotopic (exact) mass is 514 g/mol. The molecule has 0 heterocycles. The van der Waals surface area contributed by atoms with Crippen molar-refractivity contribution in [2.24, 2.45) is 0 Å². The maximum atomic E-state index is 11.5. The van der Waals surface area contributed by atoms with Crippen molar-refractivity contribution >= 4 is 87.9 Å². The minimum atomic E-state index is -0.525. The average molecular weight is 517 g/mol. The van der Waals surface area contributed by atoms with Crippen LogP contribution in [0.4, 0.5) is 0 Å². The lowest BCUT2D eigenvalue weighted by atomic mass is 10.2. The fraction of sp³-hybridized carbons (Fsp3) is 0.200. The maximum Gasteiger partial charge on any atom is 0.331 e. The highest BCUT2D eigenvalue weighted by atomic mass is 35.5. The van der Waals surface area contributed by atoms with Gasteiger partial charge in [0, 0.05) is 16.7 Å². The topological polar surface area (TPSA) is 43.4 Å². The molecule has 0 atom stereocenters. The summed E-state index contributed by atoms with van der Waals surface area (Å²) in [6.45, 7) is 5.39. The molecule has 2 rings (SSSR count). The smallest absolute Gasteiger partial charge is 0.331 e. The van der Waals surface area contributed by atoms with Crippen molar-refractivity contribution in [2.75, 3.05) is 0 Å². The van der Waals surface area contributed by atoms with Gasteiger partial charge < -0.3 is 4.74 Å². The summed E-state index contributed by atoms with van der Waals surface area (Å²) in [5.74, 6) is -0.440. The van der Waals surface area contributed by atoms with Crippen LogP contribution in [0.5, 0.6) is 0 Å². The van der Waals surface area contributed by atoms with E-state index in [9.17, 15) is 9.59 Å². The molecule has 3 nitrogen and oxygen atoms in total. The number of rotatable bonds is 3. The Hall–Kier alpha value is -0.940. The molecule has 0 unspecified atom stereocenters. The van der Waals surface area contributed by atoms with Crippen LogP contribution in [0.2, 0.25) is 30.1 Å². The molecule has 0 saturated heterocycles. The van der Waals surface area contributed by atoms with Gasteiger partial charge >= 0.3 is 5.97 Å². The standard InChI is InChI=1S/C13H13Cl3O2.C7H3Cl3O/c1-13(2,3)18-12(17)5-4-8-6-10(15)11(16)7-9(8)14;8-5-2-7(10)6(9)1-4(5)3-11/h4-7H,1-3H3;1-3H/b5-4+;. The molecule has 0 radical (unpaired) electrons. The molecule has 9 heteroatoms. The van der Waals surface area contributed by atoms with Crippen molar-refractivity contribution in [2.45, 2.75) is 26.4 Å². The van der Waals surface area contributed by atoms with Gasteiger partial charge in [0.25, 0.3) is 0 Å². The fourth-order valence-electron chi connectivity index (χ4n) is 1.79. The molecule has 0 bridgehead atoms. The Morgan fingerprint density at radius 1 is 0.759 bits per heavy atom. The molecular formula is C20H16Cl6O3. The normalized spacial score (nSPS) is 11.1. The van der Waals surface area contributed by atoms with E-state index in [2.05, 4.69) is 0 Å². The van der Waals surface area contributed by atoms with Crippen molar-refractivity contribution in [3.8, 4) is 0 Å². The van der Waals surface area contributed by atoms with Crippen LogP contribution >= 0.6 is 69.6 Å². The molecule has 0 aliphatic rings. The molecule has 0 fully saturated rings. The van der Waals surface area contributed by atoms with Crippen LogP contribution in [0.15, 0.2) is 30.3 Å². The third-order valence-electron chi connectivity index (χ3n) is 3.01. The Morgan fingerprint density at radius 3 is 1.62 bits per heavy atom. The molecule has 0 aliphatic heterocycles. The summed E-state index contributed by atoms with van der Waals surface area (Å²) in [5.41, 5.74) is 0.432. The molecule has 0 saturated carbocycles. The highest BCUT2D eigenvalue weighted by molar-refractivity contribution is 6.44. The maximum absolute atomic E-state index is 11.5. The number of esters is 1. The Kier molecular flexibility index (Phi) is 10.3. The second kappa shape index (κ2) is 11.5. The summed E-state index contributed by atoms with van der Waals surface area (Å²) >= 11 is 34.5. The molecule has 0 amide bonds. The minimum absolute atomic E-state index is 0.314. The molecule has 0 aliphatic carbocycles. The van der Waals surface area contributed by atoms with Crippen LogP contribution in [0.25, 0.3) is 6.08 Å². The average Bonchev–Trinajstić information content (AvgIpc) is 2.59. The third-order valence-corrected chi connectivity index (χ3v) is 5.11. The van der Waals surface area contributed by atoms with Crippen molar-refractivity contribution in [3.05, 3.63) is 71.6 Å². The number of carbonyl (C=O) groups excluding carboxylic acids is 2. The number of benzene rings is 2. The first-order valence-corrected chi connectivity index (χ1v) is 10.3. The van der Waals surface area contributed by atoms with Gasteiger partial charge in [-0.3, -0.25) is 4.79 Å².